The molecule has 0 saturated heterocycles. The molecular weight excluding hydrogens is 426 g/mol. The normalized spacial score (nSPS) is 10.7. The van der Waals surface area contributed by atoms with Crippen LogP contribution in [-0.2, 0) is 25.7 Å². The number of halogens is 1. The summed E-state index contributed by atoms with van der Waals surface area (Å²) >= 11 is 5.83. The Hall–Kier alpha value is -3.66. The lowest BCUT2D eigenvalue weighted by Crippen LogP contribution is -2.39. The van der Waals surface area contributed by atoms with Crippen molar-refractivity contribution in [3.63, 3.8) is 0 Å². The van der Waals surface area contributed by atoms with Gasteiger partial charge in [-0.2, -0.15) is 5.10 Å². The summed E-state index contributed by atoms with van der Waals surface area (Å²) < 4.78 is 5.40. The summed E-state index contributed by atoms with van der Waals surface area (Å²) in [7, 11) is 0. The molecule has 0 spiro atoms. The van der Waals surface area contributed by atoms with Crippen LogP contribution in [0.5, 0.6) is 0 Å². The molecule has 0 saturated carbocycles. The van der Waals surface area contributed by atoms with E-state index in [1.165, 1.54) is 12.3 Å². The highest BCUT2D eigenvalue weighted by Gasteiger charge is 2.15. The molecule has 2 aromatic rings. The van der Waals surface area contributed by atoms with Crippen LogP contribution in [0.4, 0.5) is 5.69 Å². The number of carbonyl (C=O) groups is 4. The first-order valence-electron chi connectivity index (χ1n) is 9.29. The Morgan fingerprint density at radius 1 is 1.03 bits per heavy atom. The summed E-state index contributed by atoms with van der Waals surface area (Å²) in [6, 6.07) is 9.50. The average molecular weight is 448 g/mol. The summed E-state index contributed by atoms with van der Waals surface area (Å²) in [6.45, 7) is 4.14. The van der Waals surface area contributed by atoms with Crippen molar-refractivity contribution in [3.8, 4) is 0 Å². The van der Waals surface area contributed by atoms with Gasteiger partial charge < -0.3 is 20.4 Å². The van der Waals surface area contributed by atoms with Crippen LogP contribution >= 0.6 is 11.6 Å². The van der Waals surface area contributed by atoms with Gasteiger partial charge in [0, 0.05) is 17.3 Å². The molecule has 1 aromatic heterocycles. The second kappa shape index (κ2) is 11.5. The molecule has 0 aliphatic carbocycles. The van der Waals surface area contributed by atoms with Crippen molar-refractivity contribution < 1.29 is 23.6 Å². The number of nitrogens with zero attached hydrogens (tertiary/aromatic N) is 1. The summed E-state index contributed by atoms with van der Waals surface area (Å²) in [6.07, 6.45) is 1.20. The molecule has 0 unspecified atom stereocenters. The first-order chi connectivity index (χ1) is 14.7. The van der Waals surface area contributed by atoms with Gasteiger partial charge in [-0.25, -0.2) is 5.43 Å². The van der Waals surface area contributed by atoms with E-state index < -0.39 is 23.6 Å². The highest BCUT2D eigenvalue weighted by atomic mass is 35.5. The van der Waals surface area contributed by atoms with Gasteiger partial charge in [0.15, 0.2) is 0 Å². The van der Waals surface area contributed by atoms with Crippen LogP contribution < -0.4 is 21.4 Å². The molecule has 0 bridgehead atoms. The van der Waals surface area contributed by atoms with Crippen LogP contribution in [-0.4, -0.2) is 36.4 Å². The van der Waals surface area contributed by atoms with Gasteiger partial charge in [-0.05, 0) is 36.2 Å². The maximum Gasteiger partial charge on any atom is 0.329 e. The standard InChI is InChI=1S/C20H22ClN5O5/c1-12(2)9-22-18(28)20(30)26-24-11-16-7-6-15(31-16)10-23-17(27)19(29)25-14-5-3-4-13(21)8-14/h3-8,11-12H,9-10H2,1-2H3,(H,22,28)(H,23,27)(H,25,29)(H,26,30)/b24-11+. The van der Waals surface area contributed by atoms with Gasteiger partial charge in [0.25, 0.3) is 0 Å². The van der Waals surface area contributed by atoms with Crippen molar-refractivity contribution in [3.05, 3.63) is 52.9 Å². The zero-order chi connectivity index (χ0) is 22.8. The lowest BCUT2D eigenvalue weighted by molar-refractivity contribution is -0.139. The highest BCUT2D eigenvalue weighted by Crippen LogP contribution is 2.14. The van der Waals surface area contributed by atoms with Gasteiger partial charge in [0.05, 0.1) is 12.8 Å². The van der Waals surface area contributed by atoms with Gasteiger partial charge in [0.2, 0.25) is 0 Å². The molecule has 11 heteroatoms. The van der Waals surface area contributed by atoms with Gasteiger partial charge in [-0.15, -0.1) is 0 Å². The van der Waals surface area contributed by atoms with Crippen LogP contribution in [0.15, 0.2) is 45.9 Å². The number of hydrazone groups is 1. The average Bonchev–Trinajstić information content (AvgIpc) is 3.17. The third-order valence-corrected chi connectivity index (χ3v) is 3.86. The minimum atomic E-state index is -0.901. The first-order valence-corrected chi connectivity index (χ1v) is 9.67. The van der Waals surface area contributed by atoms with Crippen molar-refractivity contribution in [2.24, 2.45) is 11.0 Å². The Labute approximate surface area is 183 Å². The topological polar surface area (TPSA) is 142 Å². The molecule has 2 rings (SSSR count). The molecule has 164 valence electrons. The van der Waals surface area contributed by atoms with Crippen molar-refractivity contribution >= 4 is 47.1 Å². The number of furan rings is 1. The van der Waals surface area contributed by atoms with E-state index >= 15 is 0 Å². The predicted octanol–water partition coefficient (Wildman–Crippen LogP) is 1.41. The van der Waals surface area contributed by atoms with E-state index in [4.69, 9.17) is 16.0 Å². The van der Waals surface area contributed by atoms with Crippen LogP contribution in [0.2, 0.25) is 5.02 Å². The van der Waals surface area contributed by atoms with E-state index in [1.807, 2.05) is 13.8 Å². The van der Waals surface area contributed by atoms with Crippen LogP contribution in [0, 0.1) is 5.92 Å². The van der Waals surface area contributed by atoms with Crippen molar-refractivity contribution in [2.75, 3.05) is 11.9 Å². The quantitative estimate of drug-likeness (QED) is 0.288. The van der Waals surface area contributed by atoms with E-state index in [1.54, 1.807) is 30.3 Å². The maximum absolute atomic E-state index is 11.9. The molecular formula is C20H22ClN5O5. The van der Waals surface area contributed by atoms with Crippen molar-refractivity contribution in [2.45, 2.75) is 20.4 Å². The van der Waals surface area contributed by atoms with Gasteiger partial charge in [-0.3, -0.25) is 19.2 Å². The maximum atomic E-state index is 11.9. The van der Waals surface area contributed by atoms with Crippen LogP contribution in [0.25, 0.3) is 0 Å². The van der Waals surface area contributed by atoms with E-state index in [9.17, 15) is 19.2 Å². The minimum absolute atomic E-state index is 0.0421. The molecule has 4 N–H and O–H groups in total. The van der Waals surface area contributed by atoms with Gasteiger partial charge >= 0.3 is 23.6 Å². The number of benzene rings is 1. The summed E-state index contributed by atoms with van der Waals surface area (Å²) in [4.78, 5) is 46.9. The summed E-state index contributed by atoms with van der Waals surface area (Å²) in [5.74, 6) is -2.56. The molecule has 4 amide bonds. The van der Waals surface area contributed by atoms with E-state index in [-0.39, 0.29) is 18.2 Å². The second-order valence-corrected chi connectivity index (χ2v) is 7.19. The Morgan fingerprint density at radius 2 is 1.77 bits per heavy atom. The molecule has 0 atom stereocenters. The van der Waals surface area contributed by atoms with Crippen LogP contribution in [0.3, 0.4) is 0 Å². The Bertz CT molecular complexity index is 986. The molecule has 0 aliphatic heterocycles. The van der Waals surface area contributed by atoms with E-state index in [0.717, 1.165) is 0 Å². The molecule has 0 radical (unpaired) electrons. The van der Waals surface area contributed by atoms with Gasteiger partial charge in [0.1, 0.15) is 11.5 Å². The fraction of sp³-hybridized carbons (Fsp3) is 0.250. The highest BCUT2D eigenvalue weighted by molar-refractivity contribution is 6.39. The SMILES string of the molecule is CC(C)CNC(=O)C(=O)N/N=C/c1ccc(CNC(=O)C(=O)Nc2cccc(Cl)c2)o1. The lowest BCUT2D eigenvalue weighted by Gasteiger charge is -2.06. The Kier molecular flexibility index (Phi) is 8.77. The van der Waals surface area contributed by atoms with Crippen molar-refractivity contribution in [1.82, 2.24) is 16.1 Å². The number of nitrogens with one attached hydrogen (secondary N) is 4. The first kappa shape index (κ1) is 23.6. The number of carbonyl (C=O) groups excluding carboxylic acids is 4. The van der Waals surface area contributed by atoms with Crippen molar-refractivity contribution in [1.29, 1.82) is 0 Å². The lowest BCUT2D eigenvalue weighted by atomic mass is 10.2. The zero-order valence-electron chi connectivity index (χ0n) is 16.9. The number of rotatable bonds is 7. The number of anilines is 1. The fourth-order valence-electron chi connectivity index (χ4n) is 2.14. The fourth-order valence-corrected chi connectivity index (χ4v) is 2.33. The van der Waals surface area contributed by atoms with E-state index in [2.05, 4.69) is 26.5 Å². The zero-order valence-corrected chi connectivity index (χ0v) is 17.7. The minimum Gasteiger partial charge on any atom is -0.458 e. The Balaban J connectivity index is 1.77. The number of amides is 4. The molecule has 1 aromatic carbocycles. The predicted molar refractivity (Wildman–Crippen MR) is 114 cm³/mol. The largest absolute Gasteiger partial charge is 0.458 e. The monoisotopic (exact) mass is 447 g/mol. The van der Waals surface area contributed by atoms with Crippen LogP contribution in [0.1, 0.15) is 25.4 Å². The third kappa shape index (κ3) is 8.31. The molecule has 31 heavy (non-hydrogen) atoms. The second-order valence-electron chi connectivity index (χ2n) is 6.75. The number of hydrogen-bond acceptors (Lipinski definition) is 6. The molecule has 1 heterocycles. The number of hydrogen-bond donors (Lipinski definition) is 4. The smallest absolute Gasteiger partial charge is 0.329 e. The van der Waals surface area contributed by atoms with E-state index in [0.29, 0.717) is 23.0 Å². The molecule has 0 aliphatic rings. The van der Waals surface area contributed by atoms with Gasteiger partial charge in [-0.1, -0.05) is 31.5 Å². The molecule has 10 nitrogen and oxygen atoms in total. The molecule has 0 fully saturated rings. The Morgan fingerprint density at radius 3 is 2.48 bits per heavy atom. The summed E-state index contributed by atoms with van der Waals surface area (Å²) in [5.41, 5.74) is 2.48. The summed E-state index contributed by atoms with van der Waals surface area (Å²) in [5, 5.41) is 11.4. The third-order valence-electron chi connectivity index (χ3n) is 3.63.